The minimum absolute atomic E-state index is 0.283. The van der Waals surface area contributed by atoms with Crippen molar-refractivity contribution in [2.75, 3.05) is 39.3 Å². The molecule has 84 valence electrons. The predicted octanol–water partition coefficient (Wildman–Crippen LogP) is 0.858. The standard InChI is InChI=1S/C11H18N2OS/c14-8-7-12-3-5-13(6-4-12)10-11-2-1-9-15-11/h1-2,9,14H,3-8,10H2. The third-order valence-corrected chi connectivity index (χ3v) is 3.70. The van der Waals surface area contributed by atoms with Crippen molar-refractivity contribution >= 4 is 11.3 Å². The lowest BCUT2D eigenvalue weighted by atomic mass is 10.3. The van der Waals surface area contributed by atoms with E-state index in [1.807, 2.05) is 11.3 Å². The minimum atomic E-state index is 0.283. The maximum atomic E-state index is 8.84. The molecule has 15 heavy (non-hydrogen) atoms. The zero-order chi connectivity index (χ0) is 10.5. The van der Waals surface area contributed by atoms with Crippen LogP contribution in [0.1, 0.15) is 4.88 Å². The van der Waals surface area contributed by atoms with Crippen LogP contribution in [0.4, 0.5) is 0 Å². The first-order valence-electron chi connectivity index (χ1n) is 5.46. The molecule has 0 amide bonds. The lowest BCUT2D eigenvalue weighted by Crippen LogP contribution is -2.46. The van der Waals surface area contributed by atoms with Gasteiger partial charge in [0.05, 0.1) is 6.61 Å². The molecule has 2 rings (SSSR count). The van der Waals surface area contributed by atoms with Crippen LogP contribution in [0.2, 0.25) is 0 Å². The molecule has 4 heteroatoms. The fourth-order valence-electron chi connectivity index (χ4n) is 1.94. The smallest absolute Gasteiger partial charge is 0.0558 e. The summed E-state index contributed by atoms with van der Waals surface area (Å²) in [7, 11) is 0. The van der Waals surface area contributed by atoms with Crippen molar-refractivity contribution in [1.82, 2.24) is 9.80 Å². The molecule has 0 radical (unpaired) electrons. The van der Waals surface area contributed by atoms with Crippen molar-refractivity contribution in [3.05, 3.63) is 22.4 Å². The summed E-state index contributed by atoms with van der Waals surface area (Å²) in [6.45, 7) is 6.62. The average Bonchev–Trinajstić information content (AvgIpc) is 2.74. The van der Waals surface area contributed by atoms with Crippen LogP contribution in [0.15, 0.2) is 17.5 Å². The Kier molecular flexibility index (Phi) is 4.14. The lowest BCUT2D eigenvalue weighted by Gasteiger charge is -2.34. The Morgan fingerprint density at radius 1 is 1.20 bits per heavy atom. The van der Waals surface area contributed by atoms with E-state index in [9.17, 15) is 0 Å². The molecule has 0 unspecified atom stereocenters. The Morgan fingerprint density at radius 2 is 1.93 bits per heavy atom. The first-order valence-corrected chi connectivity index (χ1v) is 6.34. The van der Waals surface area contributed by atoms with Gasteiger partial charge in [0, 0.05) is 44.1 Å². The molecule has 1 aromatic rings. The molecule has 1 saturated heterocycles. The lowest BCUT2D eigenvalue weighted by molar-refractivity contribution is 0.109. The number of thiophene rings is 1. The highest BCUT2D eigenvalue weighted by Crippen LogP contribution is 2.13. The normalized spacial score (nSPS) is 19.5. The van der Waals surface area contributed by atoms with Gasteiger partial charge in [-0.25, -0.2) is 0 Å². The van der Waals surface area contributed by atoms with E-state index in [-0.39, 0.29) is 6.61 Å². The second-order valence-electron chi connectivity index (χ2n) is 3.92. The molecule has 0 saturated carbocycles. The monoisotopic (exact) mass is 226 g/mol. The van der Waals surface area contributed by atoms with Crippen LogP contribution in [0.3, 0.4) is 0 Å². The first-order chi connectivity index (χ1) is 7.38. The highest BCUT2D eigenvalue weighted by atomic mass is 32.1. The van der Waals surface area contributed by atoms with Crippen molar-refractivity contribution in [2.24, 2.45) is 0 Å². The van der Waals surface area contributed by atoms with E-state index in [4.69, 9.17) is 5.11 Å². The first kappa shape index (κ1) is 11.1. The van der Waals surface area contributed by atoms with E-state index in [0.717, 1.165) is 39.3 Å². The zero-order valence-corrected chi connectivity index (χ0v) is 9.75. The molecule has 1 fully saturated rings. The van der Waals surface area contributed by atoms with Crippen LogP contribution < -0.4 is 0 Å². The molecule has 1 N–H and O–H groups in total. The number of rotatable bonds is 4. The summed E-state index contributed by atoms with van der Waals surface area (Å²) in [5, 5.41) is 11.0. The van der Waals surface area contributed by atoms with Gasteiger partial charge in [-0.15, -0.1) is 11.3 Å². The zero-order valence-electron chi connectivity index (χ0n) is 8.93. The van der Waals surface area contributed by atoms with E-state index in [1.54, 1.807) is 0 Å². The van der Waals surface area contributed by atoms with Crippen LogP contribution in [0.25, 0.3) is 0 Å². The highest BCUT2D eigenvalue weighted by Gasteiger charge is 2.16. The maximum absolute atomic E-state index is 8.84. The molecule has 0 bridgehead atoms. The van der Waals surface area contributed by atoms with Crippen molar-refractivity contribution in [1.29, 1.82) is 0 Å². The molecule has 2 heterocycles. The van der Waals surface area contributed by atoms with Crippen LogP contribution in [-0.4, -0.2) is 54.2 Å². The van der Waals surface area contributed by atoms with Gasteiger partial charge in [-0.2, -0.15) is 0 Å². The van der Waals surface area contributed by atoms with Gasteiger partial charge in [0.2, 0.25) is 0 Å². The second kappa shape index (κ2) is 5.61. The highest BCUT2D eigenvalue weighted by molar-refractivity contribution is 7.09. The van der Waals surface area contributed by atoms with Crippen LogP contribution in [0.5, 0.6) is 0 Å². The molecule has 1 aliphatic rings. The molecule has 1 aliphatic heterocycles. The van der Waals surface area contributed by atoms with Crippen LogP contribution in [-0.2, 0) is 6.54 Å². The number of hydrogen-bond donors (Lipinski definition) is 1. The summed E-state index contributed by atoms with van der Waals surface area (Å²) in [4.78, 5) is 6.26. The average molecular weight is 226 g/mol. The summed E-state index contributed by atoms with van der Waals surface area (Å²) in [5.41, 5.74) is 0. The van der Waals surface area contributed by atoms with Gasteiger partial charge in [0.25, 0.3) is 0 Å². The molecule has 0 aromatic carbocycles. The molecule has 0 atom stereocenters. The summed E-state index contributed by atoms with van der Waals surface area (Å²) < 4.78 is 0. The summed E-state index contributed by atoms with van der Waals surface area (Å²) in [6, 6.07) is 4.31. The van der Waals surface area contributed by atoms with Gasteiger partial charge in [-0.05, 0) is 11.4 Å². The Morgan fingerprint density at radius 3 is 2.53 bits per heavy atom. The molecular weight excluding hydrogens is 208 g/mol. The molecule has 3 nitrogen and oxygen atoms in total. The molecular formula is C11H18N2OS. The van der Waals surface area contributed by atoms with E-state index in [1.165, 1.54) is 4.88 Å². The SMILES string of the molecule is OCCN1CCN(Cc2cccs2)CC1. The van der Waals surface area contributed by atoms with Gasteiger partial charge < -0.3 is 5.11 Å². The largest absolute Gasteiger partial charge is 0.395 e. The maximum Gasteiger partial charge on any atom is 0.0558 e. The summed E-state index contributed by atoms with van der Waals surface area (Å²) in [5.74, 6) is 0. The van der Waals surface area contributed by atoms with E-state index < -0.39 is 0 Å². The van der Waals surface area contributed by atoms with Crippen LogP contribution in [0, 0.1) is 0 Å². The second-order valence-corrected chi connectivity index (χ2v) is 4.95. The van der Waals surface area contributed by atoms with Crippen LogP contribution >= 0.6 is 11.3 Å². The van der Waals surface area contributed by atoms with Gasteiger partial charge in [0.1, 0.15) is 0 Å². The molecule has 0 aliphatic carbocycles. The molecule has 1 aromatic heterocycles. The number of β-amino-alcohol motifs (C(OH)–C–C–N with tert-alkyl or cyclic N) is 1. The summed E-state index contributed by atoms with van der Waals surface area (Å²) in [6.07, 6.45) is 0. The topological polar surface area (TPSA) is 26.7 Å². The third-order valence-electron chi connectivity index (χ3n) is 2.84. The van der Waals surface area contributed by atoms with Gasteiger partial charge >= 0.3 is 0 Å². The van der Waals surface area contributed by atoms with Gasteiger partial charge in [-0.3, -0.25) is 9.80 Å². The minimum Gasteiger partial charge on any atom is -0.395 e. The Hall–Kier alpha value is -0.420. The number of piperazine rings is 1. The number of aliphatic hydroxyl groups excluding tert-OH is 1. The van der Waals surface area contributed by atoms with E-state index in [0.29, 0.717) is 0 Å². The Balaban J connectivity index is 1.74. The molecule has 0 spiro atoms. The predicted molar refractivity (Wildman–Crippen MR) is 63.1 cm³/mol. The Labute approximate surface area is 94.9 Å². The fourth-order valence-corrected chi connectivity index (χ4v) is 2.68. The number of aliphatic hydroxyl groups is 1. The Bertz CT molecular complexity index is 268. The van der Waals surface area contributed by atoms with E-state index in [2.05, 4.69) is 27.3 Å². The van der Waals surface area contributed by atoms with Crippen molar-refractivity contribution in [2.45, 2.75) is 6.54 Å². The number of hydrogen-bond acceptors (Lipinski definition) is 4. The van der Waals surface area contributed by atoms with E-state index >= 15 is 0 Å². The number of nitrogens with zero attached hydrogens (tertiary/aromatic N) is 2. The fraction of sp³-hybridized carbons (Fsp3) is 0.636. The van der Waals surface area contributed by atoms with Crippen molar-refractivity contribution in [3.63, 3.8) is 0 Å². The van der Waals surface area contributed by atoms with Gasteiger partial charge in [0.15, 0.2) is 0 Å². The van der Waals surface area contributed by atoms with Crippen molar-refractivity contribution < 1.29 is 5.11 Å². The summed E-state index contributed by atoms with van der Waals surface area (Å²) >= 11 is 1.83. The van der Waals surface area contributed by atoms with Crippen molar-refractivity contribution in [3.8, 4) is 0 Å². The quantitative estimate of drug-likeness (QED) is 0.825. The third kappa shape index (κ3) is 3.28. The van der Waals surface area contributed by atoms with Gasteiger partial charge in [-0.1, -0.05) is 6.07 Å².